The molecule has 0 aliphatic carbocycles. The lowest BCUT2D eigenvalue weighted by molar-refractivity contribution is 0.312. The van der Waals surface area contributed by atoms with Crippen LogP contribution < -0.4 is 0 Å². The number of rotatable bonds is 1. The van der Waals surface area contributed by atoms with Gasteiger partial charge in [0.2, 0.25) is 10.0 Å². The molecule has 1 fully saturated rings. The van der Waals surface area contributed by atoms with Gasteiger partial charge in [-0.3, -0.25) is 0 Å². The summed E-state index contributed by atoms with van der Waals surface area (Å²) in [6.45, 7) is 0.748. The Morgan fingerprint density at radius 1 is 1.62 bits per heavy atom. The molecule has 0 radical (unpaired) electrons. The second kappa shape index (κ2) is 1.70. The maximum atomic E-state index is 10.6. The van der Waals surface area contributed by atoms with E-state index in [0.717, 1.165) is 0 Å². The Labute approximate surface area is 50.8 Å². The zero-order valence-electron chi connectivity index (χ0n) is 5.66. The van der Waals surface area contributed by atoms with E-state index in [1.165, 1.54) is 10.6 Å². The first-order valence-corrected chi connectivity index (χ1v) is 4.22. The molecule has 0 saturated carbocycles. The Morgan fingerprint density at radius 3 is 2.25 bits per heavy atom. The van der Waals surface area contributed by atoms with Crippen LogP contribution in [0.25, 0.3) is 0 Å². The summed E-state index contributed by atoms with van der Waals surface area (Å²) < 4.78 is 29.5. The van der Waals surface area contributed by atoms with Crippen LogP contribution in [0.3, 0.4) is 0 Å². The van der Waals surface area contributed by atoms with Gasteiger partial charge in [-0.05, 0) is 6.40 Å². The summed E-state index contributed by atoms with van der Waals surface area (Å²) in [5.74, 6) is 0. The Bertz CT molecular complexity index is 195. The first-order valence-electron chi connectivity index (χ1n) is 2.95. The zero-order valence-corrected chi connectivity index (χ0v) is 5.48. The minimum absolute atomic E-state index is 0.195. The van der Waals surface area contributed by atoms with E-state index in [-0.39, 0.29) is 6.40 Å². The molecule has 0 amide bonds. The van der Waals surface area contributed by atoms with E-state index in [9.17, 15) is 8.42 Å². The lowest BCUT2D eigenvalue weighted by Crippen LogP contribution is -2.41. The molecule has 0 aromatic carbocycles. The standard InChI is InChI=1S/C4H9NO2S/c1-8(6,7)5-3-2-4-5/h2-4H2,1H3/i2D. The third kappa shape index (κ3) is 1.00. The van der Waals surface area contributed by atoms with Crippen LogP contribution in [0.4, 0.5) is 0 Å². The predicted molar refractivity (Wildman–Crippen MR) is 31.0 cm³/mol. The third-order valence-corrected chi connectivity index (χ3v) is 2.37. The molecule has 1 aliphatic rings. The van der Waals surface area contributed by atoms with Crippen LogP contribution in [-0.4, -0.2) is 32.1 Å². The molecule has 0 bridgehead atoms. The molecule has 8 heavy (non-hydrogen) atoms. The summed E-state index contributed by atoms with van der Waals surface area (Å²) >= 11 is 0. The Kier molecular flexibility index (Phi) is 1.01. The summed E-state index contributed by atoms with van der Waals surface area (Å²) in [6, 6.07) is 0. The van der Waals surface area contributed by atoms with E-state index in [2.05, 4.69) is 0 Å². The van der Waals surface area contributed by atoms with Gasteiger partial charge in [0, 0.05) is 14.5 Å². The molecule has 0 atom stereocenters. The summed E-state index contributed by atoms with van der Waals surface area (Å²) in [4.78, 5) is 0. The largest absolute Gasteiger partial charge is 0.213 e. The Hall–Kier alpha value is -0.0900. The van der Waals surface area contributed by atoms with Gasteiger partial charge in [-0.25, -0.2) is 12.7 Å². The maximum absolute atomic E-state index is 10.6. The topological polar surface area (TPSA) is 37.4 Å². The normalized spacial score (nSPS) is 26.9. The molecule has 1 heterocycles. The maximum Gasteiger partial charge on any atom is 0.211 e. The van der Waals surface area contributed by atoms with Gasteiger partial charge in [0.15, 0.2) is 0 Å². The fourth-order valence-electron chi connectivity index (χ4n) is 0.505. The monoisotopic (exact) mass is 136 g/mol. The molecule has 4 heteroatoms. The van der Waals surface area contributed by atoms with Crippen molar-refractivity contribution in [2.24, 2.45) is 0 Å². The molecule has 0 aromatic heterocycles. The summed E-state index contributed by atoms with van der Waals surface area (Å²) in [6.07, 6.45) is 0.971. The molecule has 0 N–H and O–H groups in total. The van der Waals surface area contributed by atoms with E-state index < -0.39 is 10.0 Å². The van der Waals surface area contributed by atoms with E-state index in [1.54, 1.807) is 0 Å². The highest BCUT2D eigenvalue weighted by molar-refractivity contribution is 7.88. The van der Waals surface area contributed by atoms with Crippen LogP contribution in [-0.2, 0) is 10.0 Å². The molecule has 1 aliphatic heterocycles. The minimum atomic E-state index is -2.99. The van der Waals surface area contributed by atoms with Gasteiger partial charge in [0.05, 0.1) is 6.26 Å². The van der Waals surface area contributed by atoms with Gasteiger partial charge >= 0.3 is 0 Å². The van der Waals surface area contributed by atoms with Crippen molar-refractivity contribution in [3.8, 4) is 0 Å². The van der Waals surface area contributed by atoms with Gasteiger partial charge in [0.1, 0.15) is 0 Å². The van der Waals surface area contributed by atoms with Crippen molar-refractivity contribution in [1.29, 1.82) is 0 Å². The van der Waals surface area contributed by atoms with Crippen molar-refractivity contribution in [3.63, 3.8) is 0 Å². The summed E-state index contributed by atoms with van der Waals surface area (Å²) in [7, 11) is -2.99. The first kappa shape index (κ1) is 4.76. The van der Waals surface area contributed by atoms with Gasteiger partial charge in [-0.15, -0.1) is 0 Å². The lowest BCUT2D eigenvalue weighted by Gasteiger charge is -2.27. The molecule has 0 aromatic rings. The molecule has 0 spiro atoms. The van der Waals surface area contributed by atoms with Crippen molar-refractivity contribution in [2.75, 3.05) is 19.3 Å². The van der Waals surface area contributed by atoms with E-state index >= 15 is 0 Å². The van der Waals surface area contributed by atoms with Crippen molar-refractivity contribution in [2.45, 2.75) is 6.40 Å². The number of hydrogen-bond donors (Lipinski definition) is 0. The second-order valence-corrected chi connectivity index (χ2v) is 3.85. The van der Waals surface area contributed by atoms with Crippen LogP contribution >= 0.6 is 0 Å². The van der Waals surface area contributed by atoms with E-state index in [0.29, 0.717) is 13.1 Å². The highest BCUT2D eigenvalue weighted by atomic mass is 32.2. The SMILES string of the molecule is [2H]C1CN(S(C)(=O)=O)C1. The highest BCUT2D eigenvalue weighted by Crippen LogP contribution is 2.09. The zero-order chi connectivity index (χ0) is 7.07. The fraction of sp³-hybridized carbons (Fsp3) is 1.00. The minimum Gasteiger partial charge on any atom is -0.213 e. The average molecular weight is 136 g/mol. The molecular formula is C4H9NO2S. The van der Waals surface area contributed by atoms with E-state index in [4.69, 9.17) is 1.37 Å². The average Bonchev–Trinajstić information content (AvgIpc) is 1.55. The second-order valence-electron chi connectivity index (χ2n) is 1.87. The van der Waals surface area contributed by atoms with Gasteiger partial charge in [0.25, 0.3) is 0 Å². The molecule has 1 saturated heterocycles. The van der Waals surface area contributed by atoms with Crippen molar-refractivity contribution >= 4 is 10.0 Å². The molecule has 48 valence electrons. The predicted octanol–water partition coefficient (Wildman–Crippen LogP) is -0.348. The van der Waals surface area contributed by atoms with Crippen LogP contribution in [0.1, 0.15) is 7.77 Å². The van der Waals surface area contributed by atoms with Crippen molar-refractivity contribution in [1.82, 2.24) is 4.31 Å². The van der Waals surface area contributed by atoms with Crippen LogP contribution in [0.2, 0.25) is 0 Å². The fourth-order valence-corrected chi connectivity index (χ4v) is 1.26. The van der Waals surface area contributed by atoms with Crippen LogP contribution in [0.5, 0.6) is 0 Å². The highest BCUT2D eigenvalue weighted by Gasteiger charge is 2.22. The van der Waals surface area contributed by atoms with Crippen LogP contribution in [0.15, 0.2) is 0 Å². The smallest absolute Gasteiger partial charge is 0.211 e. The Balaban J connectivity index is 2.51. The van der Waals surface area contributed by atoms with Crippen molar-refractivity contribution in [3.05, 3.63) is 0 Å². The first-order chi connectivity index (χ1) is 4.00. The lowest BCUT2D eigenvalue weighted by atomic mass is 10.3. The van der Waals surface area contributed by atoms with Crippen LogP contribution in [0, 0.1) is 0 Å². The number of hydrogen-bond acceptors (Lipinski definition) is 2. The molecule has 0 unspecified atom stereocenters. The van der Waals surface area contributed by atoms with Gasteiger partial charge in [-0.2, -0.15) is 0 Å². The van der Waals surface area contributed by atoms with Gasteiger partial charge < -0.3 is 0 Å². The summed E-state index contributed by atoms with van der Waals surface area (Å²) in [5, 5.41) is 0. The molecular weight excluding hydrogens is 126 g/mol. The summed E-state index contributed by atoms with van der Waals surface area (Å²) in [5.41, 5.74) is 0. The number of sulfonamides is 1. The Morgan fingerprint density at radius 2 is 2.12 bits per heavy atom. The van der Waals surface area contributed by atoms with Crippen molar-refractivity contribution < 1.29 is 9.79 Å². The third-order valence-electron chi connectivity index (χ3n) is 1.13. The van der Waals surface area contributed by atoms with Gasteiger partial charge in [-0.1, -0.05) is 0 Å². The number of nitrogens with zero attached hydrogens (tertiary/aromatic N) is 1. The quantitative estimate of drug-likeness (QED) is 0.494. The molecule has 1 rings (SSSR count). The molecule has 3 nitrogen and oxygen atoms in total. The van der Waals surface area contributed by atoms with E-state index in [1.807, 2.05) is 0 Å².